The summed E-state index contributed by atoms with van der Waals surface area (Å²) in [5.74, 6) is -0.820. The summed E-state index contributed by atoms with van der Waals surface area (Å²) in [5.41, 5.74) is 5.11. The van der Waals surface area contributed by atoms with Crippen LogP contribution in [0.5, 0.6) is 5.75 Å². The van der Waals surface area contributed by atoms with E-state index in [1.165, 1.54) is 4.90 Å². The second kappa shape index (κ2) is 21.8. The number of ether oxygens (including phenoxy) is 2. The molecule has 0 unspecified atom stereocenters. The summed E-state index contributed by atoms with van der Waals surface area (Å²) in [5, 5.41) is 32.7. The Morgan fingerprint density at radius 1 is 0.985 bits per heavy atom. The number of β-amino-alcohol motifs (C(OH)–C–C–N with tert-alkyl or cyclic N) is 1. The Balaban J connectivity index is 0.887. The number of unbranched alkanes of at least 4 members (excludes halogenated alkanes) is 2. The lowest BCUT2D eigenvalue weighted by Gasteiger charge is -2.63. The Hall–Kier alpha value is -5.53. The molecular formula is C52H66ClN7O7S. The molecule has 0 spiro atoms. The highest BCUT2D eigenvalue weighted by Crippen LogP contribution is 2.55. The molecule has 1 aliphatic carbocycles. The molecule has 2 fully saturated rings. The number of aliphatic hydroxyl groups is 1. The van der Waals surface area contributed by atoms with Crippen LogP contribution in [-0.4, -0.2) is 95.3 Å². The Kier molecular flexibility index (Phi) is 16.6. The molecule has 1 saturated heterocycles. The number of benzene rings is 3. The van der Waals surface area contributed by atoms with E-state index in [0.717, 1.165) is 46.6 Å². The Morgan fingerprint density at radius 2 is 1.68 bits per heavy atom. The molecular weight excluding hydrogens is 902 g/mol. The van der Waals surface area contributed by atoms with Crippen molar-refractivity contribution >= 4 is 52.3 Å². The van der Waals surface area contributed by atoms with Crippen LogP contribution < -0.4 is 26.0 Å². The van der Waals surface area contributed by atoms with Crippen LogP contribution in [0.15, 0.2) is 72.2 Å². The number of rotatable bonds is 19. The molecule has 0 bridgehead atoms. The minimum absolute atomic E-state index is 0.0135. The van der Waals surface area contributed by atoms with E-state index in [1.54, 1.807) is 41.7 Å². The van der Waals surface area contributed by atoms with Gasteiger partial charge in [0.15, 0.2) is 0 Å². The smallest absolute Gasteiger partial charge is 0.251 e. The number of hydrogen-bond donors (Lipinski definition) is 5. The van der Waals surface area contributed by atoms with Gasteiger partial charge in [-0.2, -0.15) is 5.26 Å². The van der Waals surface area contributed by atoms with E-state index < -0.39 is 35.4 Å². The van der Waals surface area contributed by atoms with Crippen LogP contribution in [0.4, 0.5) is 5.69 Å². The lowest BCUT2D eigenvalue weighted by atomic mass is 9.49. The molecule has 2 aliphatic rings. The number of hydrogen-bond acceptors (Lipinski definition) is 11. The molecule has 4 atom stereocenters. The molecule has 1 aliphatic heterocycles. The third-order valence-electron chi connectivity index (χ3n) is 13.2. The van der Waals surface area contributed by atoms with Crippen LogP contribution in [-0.2, 0) is 19.1 Å². The maximum Gasteiger partial charge on any atom is 0.251 e. The molecule has 16 heteroatoms. The Labute approximate surface area is 409 Å². The zero-order chi connectivity index (χ0) is 49.6. The standard InChI is InChI=1S/C52H66ClN7O7S/c1-31(33-13-15-34(16-14-33)43-32(2)56-30-68-43)57-46(64)41-25-38(61)28-60(41)47(65)44(50(3,4)5)58-42(62)29-66-24-12-10-11-23-55-37-20-17-35(18-21-37)45(63)59-48-51(6,7)49(52(48,8)9)67-39-22-19-36(27-54)40(53)26-39/h13-22,26,30-31,38,41,44,48-49,55,61H,10-12,23-25,28-29H2,1-9H3,(H,57,64)(H,58,62)(H,59,63)/t31-,38-,41-,44+,48?,49?/m0/s1. The highest BCUT2D eigenvalue weighted by Gasteiger charge is 2.64. The minimum Gasteiger partial charge on any atom is -0.489 e. The number of aromatic nitrogens is 1. The van der Waals surface area contributed by atoms with Gasteiger partial charge in [-0.05, 0) is 86.1 Å². The van der Waals surface area contributed by atoms with Crippen molar-refractivity contribution in [3.05, 3.63) is 99.6 Å². The predicted molar refractivity (Wildman–Crippen MR) is 265 cm³/mol. The zero-order valence-corrected chi connectivity index (χ0v) is 42.1. The highest BCUT2D eigenvalue weighted by molar-refractivity contribution is 7.13. The molecule has 364 valence electrons. The van der Waals surface area contributed by atoms with Gasteiger partial charge in [-0.25, -0.2) is 4.98 Å². The molecule has 0 radical (unpaired) electrons. The van der Waals surface area contributed by atoms with Gasteiger partial charge in [0, 0.05) is 60.3 Å². The molecule has 1 aromatic heterocycles. The van der Waals surface area contributed by atoms with Crippen LogP contribution in [0.2, 0.25) is 5.02 Å². The first-order valence-electron chi connectivity index (χ1n) is 23.3. The van der Waals surface area contributed by atoms with Crippen molar-refractivity contribution < 1.29 is 33.8 Å². The van der Waals surface area contributed by atoms with Crippen LogP contribution >= 0.6 is 22.9 Å². The summed E-state index contributed by atoms with van der Waals surface area (Å²) in [6.45, 7) is 18.5. The lowest BCUT2D eigenvalue weighted by Crippen LogP contribution is -2.74. The molecule has 2 heterocycles. The number of nitriles is 1. The normalized spacial score (nSPS) is 20.3. The number of nitrogens with one attached hydrogen (secondary N) is 4. The van der Waals surface area contributed by atoms with Gasteiger partial charge < -0.3 is 40.7 Å². The number of nitrogens with zero attached hydrogens (tertiary/aromatic N) is 3. The van der Waals surface area contributed by atoms with Gasteiger partial charge in [0.25, 0.3) is 5.91 Å². The molecule has 14 nitrogen and oxygen atoms in total. The van der Waals surface area contributed by atoms with E-state index in [9.17, 15) is 29.5 Å². The molecule has 6 rings (SSSR count). The summed E-state index contributed by atoms with van der Waals surface area (Å²) in [4.78, 5) is 61.0. The zero-order valence-electron chi connectivity index (χ0n) is 40.6. The third kappa shape index (κ3) is 12.2. The van der Waals surface area contributed by atoms with Gasteiger partial charge in [0.1, 0.15) is 36.6 Å². The predicted octanol–water partition coefficient (Wildman–Crippen LogP) is 8.22. The third-order valence-corrected chi connectivity index (χ3v) is 14.5. The fourth-order valence-electron chi connectivity index (χ4n) is 9.67. The number of likely N-dealkylation sites (tertiary alicyclic amines) is 1. The van der Waals surface area contributed by atoms with Crippen molar-refractivity contribution in [2.75, 3.05) is 31.6 Å². The van der Waals surface area contributed by atoms with E-state index in [4.69, 9.17) is 21.1 Å². The van der Waals surface area contributed by atoms with E-state index >= 15 is 0 Å². The molecule has 4 amide bonds. The SMILES string of the molecule is Cc1ncsc1-c1ccc([C@H](C)NC(=O)[C@@H]2C[C@H](O)CN2C(=O)[C@@H](NC(=O)COCCCCCNc2ccc(C(=O)NC3C(C)(C)C(Oc4ccc(C#N)c(Cl)c4)C3(C)C)cc2)C(C)(C)C)cc1. The molecule has 68 heavy (non-hydrogen) atoms. The monoisotopic (exact) mass is 967 g/mol. The van der Waals surface area contributed by atoms with E-state index in [1.807, 2.05) is 76.5 Å². The summed E-state index contributed by atoms with van der Waals surface area (Å²) in [6, 6.07) is 20.1. The van der Waals surface area contributed by atoms with Gasteiger partial charge in [0.2, 0.25) is 17.7 Å². The molecule has 5 N–H and O–H groups in total. The van der Waals surface area contributed by atoms with Gasteiger partial charge >= 0.3 is 0 Å². The second-order valence-corrected chi connectivity index (χ2v) is 21.6. The maximum atomic E-state index is 14.1. The highest BCUT2D eigenvalue weighted by atomic mass is 35.5. The Morgan fingerprint density at radius 3 is 2.29 bits per heavy atom. The van der Waals surface area contributed by atoms with Crippen LogP contribution in [0.1, 0.15) is 114 Å². The summed E-state index contributed by atoms with van der Waals surface area (Å²) >= 11 is 7.81. The second-order valence-electron chi connectivity index (χ2n) is 20.3. The first kappa shape index (κ1) is 51.9. The van der Waals surface area contributed by atoms with Crippen molar-refractivity contribution in [2.45, 2.75) is 124 Å². The van der Waals surface area contributed by atoms with Crippen molar-refractivity contribution in [3.8, 4) is 22.3 Å². The van der Waals surface area contributed by atoms with E-state index in [2.05, 4.69) is 60.0 Å². The number of carbonyl (C=O) groups is 4. The van der Waals surface area contributed by atoms with Gasteiger partial charge in [-0.1, -0.05) is 84.3 Å². The number of amides is 4. The average molecular weight is 969 g/mol. The average Bonchev–Trinajstić information content (AvgIpc) is 3.91. The Bertz CT molecular complexity index is 2450. The molecule has 3 aromatic carbocycles. The number of thiazole rings is 1. The fraction of sp³-hybridized carbons (Fsp3) is 0.500. The largest absolute Gasteiger partial charge is 0.489 e. The summed E-state index contributed by atoms with van der Waals surface area (Å²) < 4.78 is 12.1. The van der Waals surface area contributed by atoms with E-state index in [0.29, 0.717) is 35.1 Å². The van der Waals surface area contributed by atoms with Crippen molar-refractivity contribution in [2.24, 2.45) is 16.2 Å². The molecule has 4 aromatic rings. The van der Waals surface area contributed by atoms with Gasteiger partial charge in [-0.15, -0.1) is 11.3 Å². The van der Waals surface area contributed by atoms with Gasteiger partial charge in [0.05, 0.1) is 38.8 Å². The summed E-state index contributed by atoms with van der Waals surface area (Å²) in [7, 11) is 0. The van der Waals surface area contributed by atoms with E-state index in [-0.39, 0.29) is 60.4 Å². The first-order valence-corrected chi connectivity index (χ1v) is 24.5. The maximum absolute atomic E-state index is 14.1. The fourth-order valence-corrected chi connectivity index (χ4v) is 10.7. The number of anilines is 1. The van der Waals surface area contributed by atoms with Crippen molar-refractivity contribution in [1.29, 1.82) is 5.26 Å². The van der Waals surface area contributed by atoms with Gasteiger partial charge in [-0.3, -0.25) is 19.2 Å². The number of aryl methyl sites for hydroxylation is 1. The van der Waals surface area contributed by atoms with Crippen molar-refractivity contribution in [3.63, 3.8) is 0 Å². The topological polar surface area (TPSA) is 195 Å². The van der Waals surface area contributed by atoms with Crippen molar-refractivity contribution in [1.82, 2.24) is 25.8 Å². The van der Waals surface area contributed by atoms with Crippen LogP contribution in [0.25, 0.3) is 10.4 Å². The quantitative estimate of drug-likeness (QED) is 0.0572. The lowest BCUT2D eigenvalue weighted by molar-refractivity contribution is -0.164. The number of carbonyl (C=O) groups excluding carboxylic acids is 4. The first-order chi connectivity index (χ1) is 32.1. The summed E-state index contributed by atoms with van der Waals surface area (Å²) in [6.07, 6.45) is 1.46. The van der Waals surface area contributed by atoms with Crippen LogP contribution in [0, 0.1) is 34.5 Å². The van der Waals surface area contributed by atoms with Crippen LogP contribution in [0.3, 0.4) is 0 Å². The number of aliphatic hydroxyl groups excluding tert-OH is 1. The minimum atomic E-state index is -0.952. The number of halogens is 1. The molecule has 1 saturated carbocycles.